The number of aromatic nitrogens is 2. The van der Waals surface area contributed by atoms with Gasteiger partial charge in [-0.1, -0.05) is 11.6 Å². The lowest BCUT2D eigenvalue weighted by atomic mass is 10.1. The Morgan fingerprint density at radius 3 is 3.00 bits per heavy atom. The summed E-state index contributed by atoms with van der Waals surface area (Å²) in [6.45, 7) is 2.36. The first-order chi connectivity index (χ1) is 7.25. The van der Waals surface area contributed by atoms with Gasteiger partial charge in [-0.15, -0.1) is 0 Å². The Kier molecular flexibility index (Phi) is 3.51. The summed E-state index contributed by atoms with van der Waals surface area (Å²) in [5.41, 5.74) is 0.785. The third kappa shape index (κ3) is 2.87. The van der Waals surface area contributed by atoms with Crippen LogP contribution in [0.15, 0.2) is 12.4 Å². The molecule has 0 aromatic carbocycles. The van der Waals surface area contributed by atoms with Crippen LogP contribution in [0.25, 0.3) is 0 Å². The number of β-amino-alcohol motifs (C(OH)–C–C–N with tert-alkyl or cyclic N) is 1. The SMILES string of the molecule is O[C@@H]1CCCN(Cc2nccnc2Cl)C1. The summed E-state index contributed by atoms with van der Waals surface area (Å²) < 4.78 is 0. The van der Waals surface area contributed by atoms with Crippen LogP contribution in [-0.4, -0.2) is 39.2 Å². The summed E-state index contributed by atoms with van der Waals surface area (Å²) >= 11 is 5.92. The molecule has 0 unspecified atom stereocenters. The molecule has 1 aliphatic heterocycles. The summed E-state index contributed by atoms with van der Waals surface area (Å²) in [6, 6.07) is 0. The van der Waals surface area contributed by atoms with Crippen molar-refractivity contribution in [1.82, 2.24) is 14.9 Å². The average Bonchev–Trinajstić information content (AvgIpc) is 2.22. The molecule has 82 valence electrons. The van der Waals surface area contributed by atoms with Gasteiger partial charge in [-0.25, -0.2) is 4.98 Å². The fourth-order valence-electron chi connectivity index (χ4n) is 1.84. The van der Waals surface area contributed by atoms with Gasteiger partial charge in [0.25, 0.3) is 0 Å². The normalized spacial score (nSPS) is 22.9. The van der Waals surface area contributed by atoms with Crippen LogP contribution in [0.5, 0.6) is 0 Å². The van der Waals surface area contributed by atoms with E-state index in [-0.39, 0.29) is 6.10 Å². The molecule has 1 fully saturated rings. The smallest absolute Gasteiger partial charge is 0.151 e. The molecule has 1 aliphatic rings. The molecule has 0 bridgehead atoms. The molecule has 1 atom stereocenters. The van der Waals surface area contributed by atoms with Crippen LogP contribution in [-0.2, 0) is 6.54 Å². The second-order valence-electron chi connectivity index (χ2n) is 3.83. The zero-order valence-electron chi connectivity index (χ0n) is 8.43. The maximum absolute atomic E-state index is 9.52. The number of hydrogen-bond donors (Lipinski definition) is 1. The predicted octanol–water partition coefficient (Wildman–Crippen LogP) is 1.09. The molecule has 1 aromatic heterocycles. The maximum atomic E-state index is 9.52. The Hall–Kier alpha value is -0.710. The molecular formula is C10H14ClN3O. The number of hydrogen-bond acceptors (Lipinski definition) is 4. The van der Waals surface area contributed by atoms with Gasteiger partial charge in [-0.2, -0.15) is 0 Å². The van der Waals surface area contributed by atoms with Crippen LogP contribution >= 0.6 is 11.6 Å². The van der Waals surface area contributed by atoms with Crippen LogP contribution in [0.3, 0.4) is 0 Å². The summed E-state index contributed by atoms with van der Waals surface area (Å²) in [6.07, 6.45) is 4.93. The Labute approximate surface area is 93.9 Å². The molecule has 0 saturated carbocycles. The van der Waals surface area contributed by atoms with Crippen molar-refractivity contribution >= 4 is 11.6 Å². The fraction of sp³-hybridized carbons (Fsp3) is 0.600. The fourth-order valence-corrected chi connectivity index (χ4v) is 2.01. The van der Waals surface area contributed by atoms with Crippen molar-refractivity contribution in [2.45, 2.75) is 25.5 Å². The number of rotatable bonds is 2. The monoisotopic (exact) mass is 227 g/mol. The van der Waals surface area contributed by atoms with Gasteiger partial charge in [0.2, 0.25) is 0 Å². The minimum absolute atomic E-state index is 0.214. The summed E-state index contributed by atoms with van der Waals surface area (Å²) in [4.78, 5) is 10.3. The van der Waals surface area contributed by atoms with Gasteiger partial charge in [0.05, 0.1) is 11.8 Å². The van der Waals surface area contributed by atoms with Crippen molar-refractivity contribution < 1.29 is 5.11 Å². The highest BCUT2D eigenvalue weighted by Crippen LogP contribution is 2.15. The first-order valence-corrected chi connectivity index (χ1v) is 5.49. The number of aliphatic hydroxyl groups is 1. The van der Waals surface area contributed by atoms with E-state index in [9.17, 15) is 5.11 Å². The number of halogens is 1. The van der Waals surface area contributed by atoms with E-state index in [0.29, 0.717) is 18.2 Å². The van der Waals surface area contributed by atoms with E-state index >= 15 is 0 Å². The van der Waals surface area contributed by atoms with Gasteiger partial charge < -0.3 is 5.11 Å². The van der Waals surface area contributed by atoms with Crippen LogP contribution < -0.4 is 0 Å². The third-order valence-electron chi connectivity index (χ3n) is 2.58. The third-order valence-corrected chi connectivity index (χ3v) is 2.89. The molecule has 2 heterocycles. The lowest BCUT2D eigenvalue weighted by molar-refractivity contribution is 0.0661. The van der Waals surface area contributed by atoms with Gasteiger partial charge >= 0.3 is 0 Å². The first-order valence-electron chi connectivity index (χ1n) is 5.11. The lowest BCUT2D eigenvalue weighted by Crippen LogP contribution is -2.37. The lowest BCUT2D eigenvalue weighted by Gasteiger charge is -2.29. The van der Waals surface area contributed by atoms with Crippen molar-refractivity contribution in [2.24, 2.45) is 0 Å². The predicted molar refractivity (Wildman–Crippen MR) is 57.6 cm³/mol. The van der Waals surface area contributed by atoms with Crippen molar-refractivity contribution in [3.8, 4) is 0 Å². The number of aliphatic hydroxyl groups excluding tert-OH is 1. The Morgan fingerprint density at radius 1 is 1.47 bits per heavy atom. The minimum Gasteiger partial charge on any atom is -0.392 e. The Morgan fingerprint density at radius 2 is 2.27 bits per heavy atom. The van der Waals surface area contributed by atoms with Crippen molar-refractivity contribution in [3.63, 3.8) is 0 Å². The molecule has 1 aromatic rings. The maximum Gasteiger partial charge on any atom is 0.151 e. The van der Waals surface area contributed by atoms with Crippen molar-refractivity contribution in [1.29, 1.82) is 0 Å². The average molecular weight is 228 g/mol. The van der Waals surface area contributed by atoms with E-state index in [0.717, 1.165) is 25.1 Å². The molecule has 1 saturated heterocycles. The number of likely N-dealkylation sites (tertiary alicyclic amines) is 1. The molecule has 15 heavy (non-hydrogen) atoms. The highest BCUT2D eigenvalue weighted by atomic mass is 35.5. The van der Waals surface area contributed by atoms with Crippen LogP contribution in [0.2, 0.25) is 5.15 Å². The van der Waals surface area contributed by atoms with Gasteiger partial charge in [-0.3, -0.25) is 9.88 Å². The zero-order chi connectivity index (χ0) is 10.7. The van der Waals surface area contributed by atoms with Crippen LogP contribution in [0.4, 0.5) is 0 Å². The molecule has 0 spiro atoms. The molecule has 0 aliphatic carbocycles. The van der Waals surface area contributed by atoms with E-state index in [1.807, 2.05) is 0 Å². The summed E-state index contributed by atoms with van der Waals surface area (Å²) in [5.74, 6) is 0. The first kappa shape index (κ1) is 10.8. The van der Waals surface area contributed by atoms with Gasteiger partial charge in [-0.05, 0) is 19.4 Å². The van der Waals surface area contributed by atoms with Crippen molar-refractivity contribution in [3.05, 3.63) is 23.2 Å². The van der Waals surface area contributed by atoms with E-state index in [1.54, 1.807) is 12.4 Å². The van der Waals surface area contributed by atoms with Gasteiger partial charge in [0.15, 0.2) is 5.15 Å². The standard InChI is InChI=1S/C10H14ClN3O/c11-10-9(12-3-4-13-10)7-14-5-1-2-8(15)6-14/h3-4,8,15H,1-2,5-7H2/t8-/m1/s1. The van der Waals surface area contributed by atoms with E-state index in [4.69, 9.17) is 11.6 Å². The quantitative estimate of drug-likeness (QED) is 0.822. The molecule has 2 rings (SSSR count). The topological polar surface area (TPSA) is 49.2 Å². The largest absolute Gasteiger partial charge is 0.392 e. The molecule has 4 nitrogen and oxygen atoms in total. The van der Waals surface area contributed by atoms with Crippen LogP contribution in [0, 0.1) is 0 Å². The van der Waals surface area contributed by atoms with Crippen LogP contribution in [0.1, 0.15) is 18.5 Å². The van der Waals surface area contributed by atoms with Crippen molar-refractivity contribution in [2.75, 3.05) is 13.1 Å². The van der Waals surface area contributed by atoms with Gasteiger partial charge in [0, 0.05) is 25.5 Å². The second-order valence-corrected chi connectivity index (χ2v) is 4.18. The molecule has 5 heteroatoms. The summed E-state index contributed by atoms with van der Waals surface area (Å²) in [5, 5.41) is 9.97. The molecule has 0 radical (unpaired) electrons. The number of nitrogens with zero attached hydrogens (tertiary/aromatic N) is 3. The van der Waals surface area contributed by atoms with E-state index < -0.39 is 0 Å². The minimum atomic E-state index is -0.214. The number of piperidine rings is 1. The second kappa shape index (κ2) is 4.88. The van der Waals surface area contributed by atoms with E-state index in [2.05, 4.69) is 14.9 Å². The Bertz CT molecular complexity index is 334. The molecular weight excluding hydrogens is 214 g/mol. The molecule has 0 amide bonds. The van der Waals surface area contributed by atoms with Gasteiger partial charge in [0.1, 0.15) is 0 Å². The zero-order valence-corrected chi connectivity index (χ0v) is 9.19. The summed E-state index contributed by atoms with van der Waals surface area (Å²) in [7, 11) is 0. The highest BCUT2D eigenvalue weighted by molar-refractivity contribution is 6.29. The van der Waals surface area contributed by atoms with E-state index in [1.165, 1.54) is 0 Å². The molecule has 1 N–H and O–H groups in total. The highest BCUT2D eigenvalue weighted by Gasteiger charge is 2.18. The Balaban J connectivity index is 1.99.